The molecule has 3 aromatic rings. The summed E-state index contributed by atoms with van der Waals surface area (Å²) in [7, 11) is -3.72. The van der Waals surface area contributed by atoms with Crippen molar-refractivity contribution in [3.8, 4) is 22.9 Å². The summed E-state index contributed by atoms with van der Waals surface area (Å²) < 4.78 is 61.1. The monoisotopic (exact) mass is 510 g/mol. The first-order valence-electron chi connectivity index (χ1n) is 10.4. The molecule has 1 saturated heterocycles. The zero-order chi connectivity index (χ0) is 24.3. The van der Waals surface area contributed by atoms with Gasteiger partial charge in [0.05, 0.1) is 36.0 Å². The molecule has 0 spiro atoms. The number of halogens is 3. The molecule has 0 unspecified atom stereocenters. The number of aromatic nitrogens is 3. The number of benzene rings is 1. The summed E-state index contributed by atoms with van der Waals surface area (Å²) in [6.45, 7) is 1.47. The van der Waals surface area contributed by atoms with Crippen molar-refractivity contribution < 1.29 is 26.1 Å². The molecule has 12 heteroatoms. The molecular weight excluding hydrogens is 490 g/mol. The topological polar surface area (TPSA) is 94.5 Å². The van der Waals surface area contributed by atoms with Gasteiger partial charge >= 0.3 is 0 Å². The van der Waals surface area contributed by atoms with Crippen molar-refractivity contribution in [2.24, 2.45) is 0 Å². The normalized spacial score (nSPS) is 14.3. The molecule has 0 N–H and O–H groups in total. The third-order valence-electron chi connectivity index (χ3n) is 5.06. The second-order valence-corrected chi connectivity index (χ2v) is 9.84. The fourth-order valence-electron chi connectivity index (χ4n) is 3.46. The summed E-state index contributed by atoms with van der Waals surface area (Å²) in [5.41, 5.74) is 0.722. The maximum atomic E-state index is 13.9. The molecule has 4 rings (SSSR count). The van der Waals surface area contributed by atoms with E-state index in [1.54, 1.807) is 0 Å². The van der Waals surface area contributed by atoms with Crippen molar-refractivity contribution in [1.29, 1.82) is 0 Å². The minimum Gasteiger partial charge on any atom is -0.436 e. The Bertz CT molecular complexity index is 1260. The molecule has 0 amide bonds. The van der Waals surface area contributed by atoms with Crippen LogP contribution in [0.1, 0.15) is 24.8 Å². The minimum absolute atomic E-state index is 0.0554. The standard InChI is InChI=1S/C22H21ClF2N4O4S/c1-34(30,31)32-13-14-7-19(15-9-17(23)21(25)18(24)10-15)28-20(8-14)33-16-11-26-22(27-12-16)29-5-3-2-4-6-29/h7-12H,2-6,13H2,1H3. The number of anilines is 1. The van der Waals surface area contributed by atoms with E-state index >= 15 is 0 Å². The summed E-state index contributed by atoms with van der Waals surface area (Å²) in [6.07, 6.45) is 7.30. The predicted molar refractivity (Wildman–Crippen MR) is 122 cm³/mol. The molecule has 0 radical (unpaired) electrons. The Balaban J connectivity index is 1.63. The highest BCUT2D eigenvalue weighted by atomic mass is 35.5. The second kappa shape index (κ2) is 10.2. The van der Waals surface area contributed by atoms with Gasteiger partial charge in [-0.15, -0.1) is 0 Å². The number of hydrogen-bond acceptors (Lipinski definition) is 8. The lowest BCUT2D eigenvalue weighted by atomic mass is 10.1. The van der Waals surface area contributed by atoms with Crippen LogP contribution in [0, 0.1) is 11.6 Å². The molecule has 1 fully saturated rings. The summed E-state index contributed by atoms with van der Waals surface area (Å²) in [6, 6.07) is 5.08. The van der Waals surface area contributed by atoms with Crippen LogP contribution in [-0.4, -0.2) is 42.7 Å². The highest BCUT2D eigenvalue weighted by molar-refractivity contribution is 7.85. The molecule has 0 saturated carbocycles. The van der Waals surface area contributed by atoms with E-state index in [1.807, 2.05) is 0 Å². The van der Waals surface area contributed by atoms with Gasteiger partial charge in [-0.25, -0.2) is 23.7 Å². The van der Waals surface area contributed by atoms with E-state index in [0.29, 0.717) is 17.3 Å². The van der Waals surface area contributed by atoms with Crippen LogP contribution < -0.4 is 9.64 Å². The van der Waals surface area contributed by atoms with Crippen LogP contribution >= 0.6 is 11.6 Å². The van der Waals surface area contributed by atoms with Gasteiger partial charge in [0.2, 0.25) is 11.8 Å². The summed E-state index contributed by atoms with van der Waals surface area (Å²) >= 11 is 5.78. The van der Waals surface area contributed by atoms with Gasteiger partial charge in [-0.1, -0.05) is 11.6 Å². The van der Waals surface area contributed by atoms with Crippen molar-refractivity contribution in [2.75, 3.05) is 24.2 Å². The summed E-state index contributed by atoms with van der Waals surface area (Å²) in [4.78, 5) is 15.1. The van der Waals surface area contributed by atoms with E-state index in [1.165, 1.54) is 37.0 Å². The zero-order valence-corrected chi connectivity index (χ0v) is 19.7. The molecule has 0 bridgehead atoms. The number of rotatable bonds is 7. The van der Waals surface area contributed by atoms with Crippen molar-refractivity contribution in [3.05, 3.63) is 58.9 Å². The van der Waals surface area contributed by atoms with Crippen LogP contribution in [0.25, 0.3) is 11.3 Å². The van der Waals surface area contributed by atoms with Crippen LogP contribution in [0.4, 0.5) is 14.7 Å². The smallest absolute Gasteiger partial charge is 0.264 e. The lowest BCUT2D eigenvalue weighted by Gasteiger charge is -2.26. The lowest BCUT2D eigenvalue weighted by molar-refractivity contribution is 0.311. The summed E-state index contributed by atoms with van der Waals surface area (Å²) in [5.74, 6) is -1.37. The van der Waals surface area contributed by atoms with E-state index in [-0.39, 0.29) is 23.7 Å². The summed E-state index contributed by atoms with van der Waals surface area (Å²) in [5, 5.41) is -0.418. The Morgan fingerprint density at radius 1 is 1.06 bits per heavy atom. The fraction of sp³-hybridized carbons (Fsp3) is 0.318. The van der Waals surface area contributed by atoms with Gasteiger partial charge in [0.25, 0.3) is 10.1 Å². The van der Waals surface area contributed by atoms with Crippen LogP contribution in [0.5, 0.6) is 11.6 Å². The predicted octanol–water partition coefficient (Wildman–Crippen LogP) is 4.73. The van der Waals surface area contributed by atoms with E-state index in [2.05, 4.69) is 19.9 Å². The Kier molecular flexibility index (Phi) is 7.24. The van der Waals surface area contributed by atoms with Gasteiger partial charge in [0.15, 0.2) is 17.4 Å². The fourth-order valence-corrected chi connectivity index (χ4v) is 4.02. The molecule has 180 valence electrons. The van der Waals surface area contributed by atoms with Crippen molar-refractivity contribution >= 4 is 27.7 Å². The molecule has 0 aliphatic carbocycles. The lowest BCUT2D eigenvalue weighted by Crippen LogP contribution is -2.30. The number of piperidine rings is 1. The molecule has 34 heavy (non-hydrogen) atoms. The van der Waals surface area contributed by atoms with Crippen LogP contribution in [0.2, 0.25) is 5.02 Å². The van der Waals surface area contributed by atoms with Crippen LogP contribution in [-0.2, 0) is 20.9 Å². The van der Waals surface area contributed by atoms with Gasteiger partial charge in [0, 0.05) is 24.7 Å². The average Bonchev–Trinajstić information content (AvgIpc) is 2.81. The van der Waals surface area contributed by atoms with Gasteiger partial charge < -0.3 is 9.64 Å². The first kappa shape index (κ1) is 24.2. The Labute approximate surface area is 200 Å². The maximum absolute atomic E-state index is 13.9. The molecule has 0 atom stereocenters. The second-order valence-electron chi connectivity index (χ2n) is 7.79. The Morgan fingerprint density at radius 2 is 1.76 bits per heavy atom. The molecule has 1 aromatic carbocycles. The molecule has 3 heterocycles. The molecule has 2 aromatic heterocycles. The number of ether oxygens (including phenoxy) is 1. The maximum Gasteiger partial charge on any atom is 0.264 e. The third kappa shape index (κ3) is 6.16. The quantitative estimate of drug-likeness (QED) is 0.332. The number of nitrogens with zero attached hydrogens (tertiary/aromatic N) is 4. The molecule has 1 aliphatic heterocycles. The highest BCUT2D eigenvalue weighted by Gasteiger charge is 2.16. The van der Waals surface area contributed by atoms with Crippen molar-refractivity contribution in [1.82, 2.24) is 15.0 Å². The Hall–Kier alpha value is -2.89. The van der Waals surface area contributed by atoms with Gasteiger partial charge in [0.1, 0.15) is 0 Å². The van der Waals surface area contributed by atoms with E-state index < -0.39 is 26.8 Å². The molecule has 1 aliphatic rings. The van der Waals surface area contributed by atoms with Crippen LogP contribution in [0.15, 0.2) is 36.7 Å². The van der Waals surface area contributed by atoms with Gasteiger partial charge in [-0.2, -0.15) is 8.42 Å². The van der Waals surface area contributed by atoms with Gasteiger partial charge in [-0.3, -0.25) is 4.18 Å². The highest BCUT2D eigenvalue weighted by Crippen LogP contribution is 2.30. The first-order valence-corrected chi connectivity index (χ1v) is 12.6. The van der Waals surface area contributed by atoms with Crippen molar-refractivity contribution in [2.45, 2.75) is 25.9 Å². The first-order chi connectivity index (χ1) is 16.2. The van der Waals surface area contributed by atoms with E-state index in [4.69, 9.17) is 20.5 Å². The van der Waals surface area contributed by atoms with Gasteiger partial charge in [-0.05, 0) is 43.0 Å². The number of pyridine rings is 1. The number of hydrogen-bond donors (Lipinski definition) is 0. The third-order valence-corrected chi connectivity index (χ3v) is 5.88. The van der Waals surface area contributed by atoms with E-state index in [0.717, 1.165) is 38.3 Å². The molecule has 8 nitrogen and oxygen atoms in total. The Morgan fingerprint density at radius 3 is 2.41 bits per heavy atom. The SMILES string of the molecule is CS(=O)(=O)OCc1cc(Oc2cnc(N3CCCCC3)nc2)nc(-c2cc(F)c(F)c(Cl)c2)c1. The minimum atomic E-state index is -3.72. The van der Waals surface area contributed by atoms with Crippen LogP contribution in [0.3, 0.4) is 0 Å². The average molecular weight is 511 g/mol. The van der Waals surface area contributed by atoms with Crippen molar-refractivity contribution in [3.63, 3.8) is 0 Å². The van der Waals surface area contributed by atoms with E-state index in [9.17, 15) is 17.2 Å². The molecular formula is C22H21ClF2N4O4S. The largest absolute Gasteiger partial charge is 0.436 e. The zero-order valence-electron chi connectivity index (χ0n) is 18.2.